The third kappa shape index (κ3) is 9.55. The Morgan fingerprint density at radius 3 is 1.97 bits per heavy atom. The second-order valence-electron chi connectivity index (χ2n) is 7.74. The maximum absolute atomic E-state index is 10.3. The van der Waals surface area contributed by atoms with E-state index in [1.54, 1.807) is 6.08 Å². The molecule has 0 unspecified atom stereocenters. The Labute approximate surface area is 206 Å². The first kappa shape index (κ1) is 30.0. The predicted octanol–water partition coefficient (Wildman–Crippen LogP) is 6.95. The smallest absolute Gasteiger partial charge is 0.193 e. The first-order chi connectivity index (χ1) is 15.6. The van der Waals surface area contributed by atoms with E-state index < -0.39 is 0 Å². The van der Waals surface area contributed by atoms with Crippen LogP contribution in [0.1, 0.15) is 60.8 Å². The molecule has 0 saturated carbocycles. The Balaban J connectivity index is 0.00000497. The van der Waals surface area contributed by atoms with Crippen LogP contribution in [0.5, 0.6) is 0 Å². The van der Waals surface area contributed by atoms with Gasteiger partial charge in [-0.05, 0) is 83.1 Å². The highest BCUT2D eigenvalue weighted by Crippen LogP contribution is 2.23. The largest absolute Gasteiger partial charge is 0.508 e. The Bertz CT molecular complexity index is 904. The van der Waals surface area contributed by atoms with Crippen LogP contribution in [0.25, 0.3) is 0 Å². The molecule has 2 N–H and O–H groups in total. The van der Waals surface area contributed by atoms with E-state index in [0.29, 0.717) is 10.8 Å². The van der Waals surface area contributed by atoms with Crippen LogP contribution in [-0.4, -0.2) is 30.0 Å². The summed E-state index contributed by atoms with van der Waals surface area (Å²) in [6.07, 6.45) is 14.4. The standard InChI is InChI=1S/C25H38N4OS.C2H2/c1-9-11-13-23(24(30)12-10-2)19(5)26-27-25(31)29(8)22-16-14-21(15-17-22)28(7)20(6)18(3)4;1-2/h12-17,30H,9-11H2,1-8H3,(H,27,31);1-2H/b23-13-,24-12+,26-19+;. The zero-order chi connectivity index (χ0) is 25.6. The van der Waals surface area contributed by atoms with Gasteiger partial charge in [0.1, 0.15) is 5.76 Å². The average molecular weight is 469 g/mol. The number of hydrazone groups is 1. The van der Waals surface area contributed by atoms with Gasteiger partial charge in [-0.2, -0.15) is 5.10 Å². The molecule has 1 rings (SSSR count). The lowest BCUT2D eigenvalue weighted by Gasteiger charge is -2.24. The van der Waals surface area contributed by atoms with Gasteiger partial charge in [0, 0.05) is 36.7 Å². The minimum atomic E-state index is 0.254. The molecule has 0 bridgehead atoms. The minimum Gasteiger partial charge on any atom is -0.508 e. The van der Waals surface area contributed by atoms with Gasteiger partial charge in [-0.3, -0.25) is 5.43 Å². The summed E-state index contributed by atoms with van der Waals surface area (Å²) in [6.45, 7) is 12.3. The van der Waals surface area contributed by atoms with Gasteiger partial charge < -0.3 is 14.9 Å². The molecule has 0 saturated heterocycles. The maximum Gasteiger partial charge on any atom is 0.193 e. The van der Waals surface area contributed by atoms with Crippen LogP contribution in [0, 0.1) is 12.8 Å². The van der Waals surface area contributed by atoms with Crippen LogP contribution in [0.15, 0.2) is 64.1 Å². The number of terminal acetylenes is 1. The van der Waals surface area contributed by atoms with E-state index in [1.165, 1.54) is 11.3 Å². The number of hydrogen-bond acceptors (Lipinski definition) is 4. The van der Waals surface area contributed by atoms with Gasteiger partial charge in [-0.1, -0.05) is 31.9 Å². The van der Waals surface area contributed by atoms with Gasteiger partial charge in [0.05, 0.1) is 5.71 Å². The van der Waals surface area contributed by atoms with E-state index in [1.807, 2.05) is 44.0 Å². The number of nitrogens with one attached hydrogen (secondary N) is 1. The number of anilines is 2. The summed E-state index contributed by atoms with van der Waals surface area (Å²) in [5.41, 5.74) is 8.99. The number of rotatable bonds is 9. The highest BCUT2D eigenvalue weighted by atomic mass is 32.1. The molecule has 0 aliphatic carbocycles. The molecular weight excluding hydrogens is 428 g/mol. The van der Waals surface area contributed by atoms with Crippen molar-refractivity contribution in [3.63, 3.8) is 0 Å². The van der Waals surface area contributed by atoms with Gasteiger partial charge in [0.15, 0.2) is 5.11 Å². The van der Waals surface area contributed by atoms with E-state index in [0.717, 1.165) is 36.2 Å². The number of hydrogen-bond donors (Lipinski definition) is 2. The highest BCUT2D eigenvalue weighted by Gasteiger charge is 2.11. The van der Waals surface area contributed by atoms with Crippen LogP contribution in [0.4, 0.5) is 11.4 Å². The zero-order valence-electron chi connectivity index (χ0n) is 21.4. The van der Waals surface area contributed by atoms with E-state index in [9.17, 15) is 5.11 Å². The molecule has 1 aromatic carbocycles. The molecule has 0 radical (unpaired) electrons. The van der Waals surface area contributed by atoms with E-state index >= 15 is 0 Å². The fourth-order valence-electron chi connectivity index (χ4n) is 2.84. The van der Waals surface area contributed by atoms with Crippen molar-refractivity contribution in [2.45, 2.75) is 60.8 Å². The second-order valence-corrected chi connectivity index (χ2v) is 8.12. The van der Waals surface area contributed by atoms with Crippen LogP contribution in [0.3, 0.4) is 0 Å². The van der Waals surface area contributed by atoms with Gasteiger partial charge in [0.25, 0.3) is 0 Å². The first-order valence-electron chi connectivity index (χ1n) is 11.1. The summed E-state index contributed by atoms with van der Waals surface area (Å²) in [5.74, 6) is 0.254. The molecule has 0 heterocycles. The number of aliphatic hydroxyl groups excluding tert-OH is 1. The summed E-state index contributed by atoms with van der Waals surface area (Å²) >= 11 is 5.52. The molecule has 5 nitrogen and oxygen atoms in total. The van der Waals surface area contributed by atoms with E-state index in [-0.39, 0.29) is 5.76 Å². The summed E-state index contributed by atoms with van der Waals surface area (Å²) in [7, 11) is 3.97. The molecule has 0 aromatic heterocycles. The fourth-order valence-corrected chi connectivity index (χ4v) is 2.99. The third-order valence-corrected chi connectivity index (χ3v) is 5.54. The lowest BCUT2D eigenvalue weighted by atomic mass is 10.1. The number of thiocarbonyl (C=S) groups is 1. The van der Waals surface area contributed by atoms with Crippen molar-refractivity contribution in [3.8, 4) is 12.8 Å². The number of nitrogens with zero attached hydrogens (tertiary/aromatic N) is 3. The number of aliphatic hydroxyl groups is 1. The van der Waals surface area contributed by atoms with E-state index in [4.69, 9.17) is 12.2 Å². The number of unbranched alkanes of at least 4 members (excludes halogenated alkanes) is 1. The molecule has 0 amide bonds. The summed E-state index contributed by atoms with van der Waals surface area (Å²) < 4.78 is 0. The molecular formula is C27H40N4OS. The molecule has 0 aliphatic heterocycles. The average Bonchev–Trinajstić information content (AvgIpc) is 2.82. The topological polar surface area (TPSA) is 51.1 Å². The fraction of sp³-hybridized carbons (Fsp3) is 0.407. The van der Waals surface area contributed by atoms with Crippen molar-refractivity contribution < 1.29 is 5.11 Å². The summed E-state index contributed by atoms with van der Waals surface area (Å²) in [6, 6.07) is 8.23. The Hall–Kier alpha value is -3.04. The molecule has 6 heteroatoms. The van der Waals surface area contributed by atoms with Gasteiger partial charge >= 0.3 is 0 Å². The molecule has 180 valence electrons. The van der Waals surface area contributed by atoms with Gasteiger partial charge in [-0.15, -0.1) is 12.8 Å². The molecule has 33 heavy (non-hydrogen) atoms. The van der Waals surface area contributed by atoms with Crippen LogP contribution in [-0.2, 0) is 0 Å². The van der Waals surface area contributed by atoms with Crippen molar-refractivity contribution in [3.05, 3.63) is 59.0 Å². The molecule has 0 fully saturated rings. The monoisotopic (exact) mass is 468 g/mol. The molecule has 1 aromatic rings. The Morgan fingerprint density at radius 2 is 1.52 bits per heavy atom. The molecule has 0 spiro atoms. The van der Waals surface area contributed by atoms with Crippen LogP contribution < -0.4 is 15.2 Å². The Kier molecular flexibility index (Phi) is 14.3. The predicted molar refractivity (Wildman–Crippen MR) is 150 cm³/mol. The van der Waals surface area contributed by atoms with Crippen molar-refractivity contribution in [1.29, 1.82) is 0 Å². The quantitative estimate of drug-likeness (QED) is 0.103. The summed E-state index contributed by atoms with van der Waals surface area (Å²) in [4.78, 5) is 4.05. The van der Waals surface area contributed by atoms with Crippen molar-refractivity contribution in [2.75, 3.05) is 23.9 Å². The second kappa shape index (κ2) is 15.7. The number of benzene rings is 1. The van der Waals surface area contributed by atoms with Gasteiger partial charge in [-0.25, -0.2) is 0 Å². The van der Waals surface area contributed by atoms with E-state index in [2.05, 4.69) is 75.1 Å². The van der Waals surface area contributed by atoms with Crippen LogP contribution in [0.2, 0.25) is 0 Å². The van der Waals surface area contributed by atoms with Crippen molar-refractivity contribution in [1.82, 2.24) is 5.43 Å². The SMILES string of the molecule is C#C.CC\C=C(O)/C(=C\CCC)C(/C)=N/NC(=S)N(C)c1ccc(N(C)C(C)=C(C)C)cc1. The Morgan fingerprint density at radius 1 is 1.00 bits per heavy atom. The third-order valence-electron chi connectivity index (χ3n) is 5.18. The first-order valence-corrected chi connectivity index (χ1v) is 11.5. The van der Waals surface area contributed by atoms with Gasteiger partial charge in [0.2, 0.25) is 0 Å². The summed E-state index contributed by atoms with van der Waals surface area (Å²) in [5, 5.41) is 15.2. The lowest BCUT2D eigenvalue weighted by Crippen LogP contribution is -2.34. The normalized spacial score (nSPS) is 11.8. The minimum absolute atomic E-state index is 0.254. The maximum atomic E-state index is 10.3. The lowest BCUT2D eigenvalue weighted by molar-refractivity contribution is 0.425. The van der Waals surface area contributed by atoms with Crippen molar-refractivity contribution >= 4 is 34.4 Å². The molecule has 0 atom stereocenters. The zero-order valence-corrected chi connectivity index (χ0v) is 22.3. The molecule has 0 aliphatic rings. The van der Waals surface area contributed by atoms with Crippen LogP contribution >= 0.6 is 12.2 Å². The van der Waals surface area contributed by atoms with Crippen molar-refractivity contribution in [2.24, 2.45) is 5.10 Å². The number of allylic oxidation sites excluding steroid dienone is 5. The highest BCUT2D eigenvalue weighted by molar-refractivity contribution is 7.80.